The zero-order chi connectivity index (χ0) is 18.6. The Labute approximate surface area is 163 Å². The van der Waals surface area contributed by atoms with Gasteiger partial charge in [0, 0.05) is 23.7 Å². The molecule has 0 radical (unpaired) electrons. The molecule has 0 spiro atoms. The van der Waals surface area contributed by atoms with Gasteiger partial charge in [-0.1, -0.05) is 42.5 Å². The van der Waals surface area contributed by atoms with Gasteiger partial charge in [-0.15, -0.1) is 11.8 Å². The van der Waals surface area contributed by atoms with Crippen LogP contribution in [-0.2, 0) is 15.3 Å². The van der Waals surface area contributed by atoms with Gasteiger partial charge in [0.15, 0.2) is 0 Å². The van der Waals surface area contributed by atoms with E-state index in [4.69, 9.17) is 0 Å². The van der Waals surface area contributed by atoms with Crippen LogP contribution in [0.15, 0.2) is 54.6 Å². The summed E-state index contributed by atoms with van der Waals surface area (Å²) in [5.41, 5.74) is 3.18. The van der Waals surface area contributed by atoms with Crippen molar-refractivity contribution in [2.75, 3.05) is 29.1 Å². The summed E-state index contributed by atoms with van der Waals surface area (Å²) in [5.74, 6) is 2.27. The fraction of sp³-hybridized carbons (Fsp3) is 0.300. The fourth-order valence-electron chi connectivity index (χ4n) is 2.23. The predicted molar refractivity (Wildman–Crippen MR) is 113 cm³/mol. The average Bonchev–Trinajstić information content (AvgIpc) is 2.62. The number of nitrogens with one attached hydrogen (secondary N) is 2. The molecule has 2 aromatic rings. The van der Waals surface area contributed by atoms with E-state index in [1.54, 1.807) is 11.8 Å². The number of rotatable bonds is 10. The highest BCUT2D eigenvalue weighted by atomic mass is 32.2. The van der Waals surface area contributed by atoms with Crippen molar-refractivity contribution < 1.29 is 9.59 Å². The van der Waals surface area contributed by atoms with Crippen LogP contribution in [0.4, 0.5) is 5.69 Å². The summed E-state index contributed by atoms with van der Waals surface area (Å²) >= 11 is 3.12. The van der Waals surface area contributed by atoms with Crippen LogP contribution in [-0.4, -0.2) is 35.6 Å². The monoisotopic (exact) mass is 388 g/mol. The smallest absolute Gasteiger partial charge is 0.234 e. The van der Waals surface area contributed by atoms with Gasteiger partial charge in [-0.3, -0.25) is 9.59 Å². The van der Waals surface area contributed by atoms with Crippen molar-refractivity contribution in [2.24, 2.45) is 0 Å². The summed E-state index contributed by atoms with van der Waals surface area (Å²) in [4.78, 5) is 23.7. The van der Waals surface area contributed by atoms with Crippen molar-refractivity contribution in [2.45, 2.75) is 12.7 Å². The van der Waals surface area contributed by atoms with E-state index in [-0.39, 0.29) is 17.6 Å². The molecule has 4 nitrogen and oxygen atoms in total. The van der Waals surface area contributed by atoms with Gasteiger partial charge >= 0.3 is 0 Å². The summed E-state index contributed by atoms with van der Waals surface area (Å²) in [6.45, 7) is 2.62. The maximum absolute atomic E-state index is 11.9. The van der Waals surface area contributed by atoms with Gasteiger partial charge in [0.1, 0.15) is 0 Å². The van der Waals surface area contributed by atoms with E-state index in [1.165, 1.54) is 17.3 Å². The van der Waals surface area contributed by atoms with Crippen LogP contribution in [0.5, 0.6) is 0 Å². The Morgan fingerprint density at radius 1 is 0.923 bits per heavy atom. The first-order chi connectivity index (χ1) is 12.6. The fourth-order valence-corrected chi connectivity index (χ4v) is 3.70. The van der Waals surface area contributed by atoms with E-state index in [2.05, 4.69) is 22.8 Å². The predicted octanol–water partition coefficient (Wildman–Crippen LogP) is 3.72. The van der Waals surface area contributed by atoms with Gasteiger partial charge in [0.05, 0.1) is 11.5 Å². The van der Waals surface area contributed by atoms with Gasteiger partial charge in [-0.25, -0.2) is 0 Å². The molecule has 0 heterocycles. The average molecular weight is 389 g/mol. The molecule has 0 bridgehead atoms. The number of carbonyl (C=O) groups excluding carboxylic acids is 2. The lowest BCUT2D eigenvalue weighted by atomic mass is 10.2. The second-order valence-corrected chi connectivity index (χ2v) is 7.89. The lowest BCUT2D eigenvalue weighted by Crippen LogP contribution is -2.28. The van der Waals surface area contributed by atoms with Crippen LogP contribution in [0.1, 0.15) is 11.1 Å². The molecule has 2 aromatic carbocycles. The van der Waals surface area contributed by atoms with Crippen LogP contribution in [0.3, 0.4) is 0 Å². The third kappa shape index (κ3) is 8.45. The Bertz CT molecular complexity index is 708. The molecule has 2 rings (SSSR count). The maximum atomic E-state index is 11.9. The molecule has 0 atom stereocenters. The summed E-state index contributed by atoms with van der Waals surface area (Å²) in [6, 6.07) is 17.9. The van der Waals surface area contributed by atoms with Gasteiger partial charge in [0.2, 0.25) is 11.8 Å². The standard InChI is InChI=1S/C20H24N2O2S2/c1-16-6-5-9-18(12-16)22-20(24)15-26-14-19(23)21-10-11-25-13-17-7-3-2-4-8-17/h2-9,12H,10-11,13-15H2,1H3,(H,21,23)(H,22,24). The molecule has 0 aliphatic rings. The van der Waals surface area contributed by atoms with Crippen LogP contribution >= 0.6 is 23.5 Å². The van der Waals surface area contributed by atoms with E-state index in [0.717, 1.165) is 22.8 Å². The minimum absolute atomic E-state index is 0.0290. The van der Waals surface area contributed by atoms with E-state index >= 15 is 0 Å². The largest absolute Gasteiger partial charge is 0.355 e. The number of amides is 2. The quantitative estimate of drug-likeness (QED) is 0.609. The van der Waals surface area contributed by atoms with Gasteiger partial charge in [-0.2, -0.15) is 11.8 Å². The highest BCUT2D eigenvalue weighted by Gasteiger charge is 2.06. The molecular weight excluding hydrogens is 364 g/mol. The molecule has 0 aliphatic heterocycles. The highest BCUT2D eigenvalue weighted by Crippen LogP contribution is 2.11. The number of hydrogen-bond acceptors (Lipinski definition) is 4. The number of hydrogen-bond donors (Lipinski definition) is 2. The van der Waals surface area contributed by atoms with E-state index < -0.39 is 0 Å². The summed E-state index contributed by atoms with van der Waals surface area (Å²) < 4.78 is 0. The van der Waals surface area contributed by atoms with Crippen LogP contribution < -0.4 is 10.6 Å². The molecule has 0 saturated heterocycles. The Balaban J connectivity index is 1.51. The molecule has 26 heavy (non-hydrogen) atoms. The number of benzene rings is 2. The molecular formula is C20H24N2O2S2. The number of carbonyl (C=O) groups is 2. The Hall–Kier alpha value is -1.92. The molecule has 0 aromatic heterocycles. The first-order valence-corrected chi connectivity index (χ1v) is 10.8. The lowest BCUT2D eigenvalue weighted by molar-refractivity contribution is -0.118. The van der Waals surface area contributed by atoms with E-state index in [0.29, 0.717) is 12.3 Å². The summed E-state index contributed by atoms with van der Waals surface area (Å²) in [5, 5.41) is 5.72. The molecule has 138 valence electrons. The van der Waals surface area contributed by atoms with Crippen molar-refractivity contribution in [3.63, 3.8) is 0 Å². The van der Waals surface area contributed by atoms with Gasteiger partial charge in [0.25, 0.3) is 0 Å². The molecule has 6 heteroatoms. The molecule has 0 aliphatic carbocycles. The second-order valence-electron chi connectivity index (χ2n) is 5.80. The van der Waals surface area contributed by atoms with Crippen molar-refractivity contribution in [3.05, 3.63) is 65.7 Å². The SMILES string of the molecule is Cc1cccc(NC(=O)CSCC(=O)NCCSCc2ccccc2)c1. The summed E-state index contributed by atoms with van der Waals surface area (Å²) in [7, 11) is 0. The first kappa shape index (κ1) is 20.4. The van der Waals surface area contributed by atoms with Crippen molar-refractivity contribution in [3.8, 4) is 0 Å². The third-order valence-electron chi connectivity index (χ3n) is 3.45. The number of aryl methyl sites for hydroxylation is 1. The zero-order valence-electron chi connectivity index (χ0n) is 14.9. The zero-order valence-corrected chi connectivity index (χ0v) is 16.5. The Morgan fingerprint density at radius 2 is 1.69 bits per heavy atom. The van der Waals surface area contributed by atoms with Crippen molar-refractivity contribution in [1.29, 1.82) is 0 Å². The highest BCUT2D eigenvalue weighted by molar-refractivity contribution is 8.00. The second kappa shape index (κ2) is 11.6. The minimum atomic E-state index is -0.0909. The van der Waals surface area contributed by atoms with Gasteiger partial charge in [-0.05, 0) is 30.2 Å². The topological polar surface area (TPSA) is 58.2 Å². The van der Waals surface area contributed by atoms with Crippen LogP contribution in [0, 0.1) is 6.92 Å². The minimum Gasteiger partial charge on any atom is -0.355 e. The van der Waals surface area contributed by atoms with Crippen molar-refractivity contribution >= 4 is 41.0 Å². The number of anilines is 1. The molecule has 0 unspecified atom stereocenters. The maximum Gasteiger partial charge on any atom is 0.234 e. The van der Waals surface area contributed by atoms with Crippen LogP contribution in [0.25, 0.3) is 0 Å². The number of thioether (sulfide) groups is 2. The van der Waals surface area contributed by atoms with E-state index in [1.807, 2.05) is 49.4 Å². The Kier molecular flexibility index (Phi) is 9.14. The van der Waals surface area contributed by atoms with Gasteiger partial charge < -0.3 is 10.6 Å². The summed E-state index contributed by atoms with van der Waals surface area (Å²) in [6.07, 6.45) is 0. The molecule has 2 N–H and O–H groups in total. The lowest BCUT2D eigenvalue weighted by Gasteiger charge is -2.07. The van der Waals surface area contributed by atoms with Crippen LogP contribution in [0.2, 0.25) is 0 Å². The van der Waals surface area contributed by atoms with Crippen molar-refractivity contribution in [1.82, 2.24) is 5.32 Å². The third-order valence-corrected chi connectivity index (χ3v) is 5.41. The molecule has 0 saturated carbocycles. The Morgan fingerprint density at radius 3 is 2.46 bits per heavy atom. The molecule has 2 amide bonds. The normalized spacial score (nSPS) is 10.3. The molecule has 0 fully saturated rings. The van der Waals surface area contributed by atoms with E-state index in [9.17, 15) is 9.59 Å². The first-order valence-electron chi connectivity index (χ1n) is 8.46.